The van der Waals surface area contributed by atoms with E-state index in [2.05, 4.69) is 0 Å². The van der Waals surface area contributed by atoms with E-state index in [0.29, 0.717) is 6.10 Å². The topological polar surface area (TPSA) is 35.2 Å². The summed E-state index contributed by atoms with van der Waals surface area (Å²) in [4.78, 5) is 0. The third-order valence-corrected chi connectivity index (χ3v) is 2.72. The van der Waals surface area contributed by atoms with Gasteiger partial charge in [0.15, 0.2) is 0 Å². The summed E-state index contributed by atoms with van der Waals surface area (Å²) in [5, 5.41) is 0. The molecule has 0 bridgehead atoms. The van der Waals surface area contributed by atoms with Crippen molar-refractivity contribution in [2.75, 3.05) is 24.7 Å². The molecule has 1 saturated heterocycles. The van der Waals surface area contributed by atoms with Crippen molar-refractivity contribution in [3.63, 3.8) is 0 Å². The molecule has 1 fully saturated rings. The van der Waals surface area contributed by atoms with Gasteiger partial charge >= 0.3 is 0 Å². The summed E-state index contributed by atoms with van der Waals surface area (Å²) in [5.74, 6) is 2.21. The van der Waals surface area contributed by atoms with Gasteiger partial charge in [-0.2, -0.15) is 11.8 Å². The van der Waals surface area contributed by atoms with Crippen LogP contribution in [0.1, 0.15) is 12.8 Å². The predicted molar refractivity (Wildman–Crippen MR) is 45.4 cm³/mol. The largest absolute Gasteiger partial charge is 0.377 e. The molecule has 0 aromatic heterocycles. The second-order valence-corrected chi connectivity index (χ2v) is 3.65. The molecule has 1 aliphatic rings. The molecule has 0 spiro atoms. The fraction of sp³-hybridized carbons (Fsp3) is 1.00. The molecule has 0 saturated carbocycles. The van der Waals surface area contributed by atoms with Crippen LogP contribution in [0.3, 0.4) is 0 Å². The molecular formula is C7H15NOS. The monoisotopic (exact) mass is 161 g/mol. The van der Waals surface area contributed by atoms with Crippen LogP contribution in [0.4, 0.5) is 0 Å². The van der Waals surface area contributed by atoms with E-state index >= 15 is 0 Å². The lowest BCUT2D eigenvalue weighted by Gasteiger charge is -2.06. The van der Waals surface area contributed by atoms with Crippen LogP contribution in [0.25, 0.3) is 0 Å². The lowest BCUT2D eigenvalue weighted by Crippen LogP contribution is -2.10. The van der Waals surface area contributed by atoms with Crippen LogP contribution in [0, 0.1) is 0 Å². The van der Waals surface area contributed by atoms with Gasteiger partial charge in [0, 0.05) is 24.7 Å². The van der Waals surface area contributed by atoms with Gasteiger partial charge in [0.05, 0.1) is 6.10 Å². The van der Waals surface area contributed by atoms with Crippen LogP contribution in [-0.2, 0) is 4.74 Å². The van der Waals surface area contributed by atoms with E-state index in [-0.39, 0.29) is 0 Å². The van der Waals surface area contributed by atoms with Gasteiger partial charge in [-0.05, 0) is 12.8 Å². The lowest BCUT2D eigenvalue weighted by molar-refractivity contribution is 0.129. The Hall–Kier alpha value is 0.270. The summed E-state index contributed by atoms with van der Waals surface area (Å²) < 4.78 is 5.44. The minimum atomic E-state index is 0.525. The van der Waals surface area contributed by atoms with Gasteiger partial charge in [-0.3, -0.25) is 0 Å². The molecule has 0 aromatic carbocycles. The van der Waals surface area contributed by atoms with Gasteiger partial charge in [0.1, 0.15) is 0 Å². The minimum absolute atomic E-state index is 0.525. The van der Waals surface area contributed by atoms with Crippen LogP contribution < -0.4 is 5.73 Å². The first-order valence-corrected chi connectivity index (χ1v) is 4.98. The molecule has 60 valence electrons. The van der Waals surface area contributed by atoms with E-state index in [0.717, 1.165) is 24.7 Å². The van der Waals surface area contributed by atoms with Crippen molar-refractivity contribution >= 4 is 11.8 Å². The molecule has 0 aromatic rings. The lowest BCUT2D eigenvalue weighted by atomic mass is 10.3. The predicted octanol–water partition coefficient (Wildman–Crippen LogP) is 0.857. The van der Waals surface area contributed by atoms with Crippen LogP contribution >= 0.6 is 11.8 Å². The summed E-state index contributed by atoms with van der Waals surface area (Å²) in [6, 6.07) is 0. The quantitative estimate of drug-likeness (QED) is 0.621. The average Bonchev–Trinajstić information content (AvgIpc) is 2.41. The van der Waals surface area contributed by atoms with Gasteiger partial charge in [-0.25, -0.2) is 0 Å². The second kappa shape index (κ2) is 4.99. The van der Waals surface area contributed by atoms with Crippen LogP contribution in [-0.4, -0.2) is 30.8 Å². The van der Waals surface area contributed by atoms with Crippen LogP contribution in [0.5, 0.6) is 0 Å². The number of hydrogen-bond donors (Lipinski definition) is 1. The molecule has 10 heavy (non-hydrogen) atoms. The van der Waals surface area contributed by atoms with E-state index in [9.17, 15) is 0 Å². The minimum Gasteiger partial charge on any atom is -0.377 e. The third-order valence-electron chi connectivity index (χ3n) is 1.59. The Morgan fingerprint density at radius 3 is 3.10 bits per heavy atom. The SMILES string of the molecule is NCCSCC1CCCO1. The van der Waals surface area contributed by atoms with E-state index in [1.165, 1.54) is 12.8 Å². The van der Waals surface area contributed by atoms with Crippen molar-refractivity contribution in [2.24, 2.45) is 5.73 Å². The van der Waals surface area contributed by atoms with Crippen molar-refractivity contribution in [3.8, 4) is 0 Å². The molecule has 0 aliphatic carbocycles. The maximum atomic E-state index is 5.44. The van der Waals surface area contributed by atoms with E-state index in [4.69, 9.17) is 10.5 Å². The van der Waals surface area contributed by atoms with Gasteiger partial charge in [0.2, 0.25) is 0 Å². The van der Waals surface area contributed by atoms with Crippen molar-refractivity contribution in [1.82, 2.24) is 0 Å². The molecule has 2 N–H and O–H groups in total. The first-order chi connectivity index (χ1) is 4.93. The number of nitrogens with two attached hydrogens (primary N) is 1. The molecule has 2 nitrogen and oxygen atoms in total. The normalized spacial score (nSPS) is 25.5. The fourth-order valence-corrected chi connectivity index (χ4v) is 1.93. The highest BCUT2D eigenvalue weighted by Gasteiger charge is 2.14. The molecule has 1 atom stereocenters. The Morgan fingerprint density at radius 1 is 1.60 bits per heavy atom. The summed E-state index contributed by atoms with van der Waals surface area (Å²) in [7, 11) is 0. The van der Waals surface area contributed by atoms with Crippen molar-refractivity contribution in [3.05, 3.63) is 0 Å². The molecule has 1 aliphatic heterocycles. The Balaban J connectivity index is 1.91. The smallest absolute Gasteiger partial charge is 0.0666 e. The Bertz CT molecular complexity index is 83.7. The molecule has 1 unspecified atom stereocenters. The van der Waals surface area contributed by atoms with Gasteiger partial charge < -0.3 is 10.5 Å². The van der Waals surface area contributed by atoms with E-state index in [1.54, 1.807) is 0 Å². The second-order valence-electron chi connectivity index (χ2n) is 2.50. The van der Waals surface area contributed by atoms with Gasteiger partial charge in [-0.1, -0.05) is 0 Å². The van der Waals surface area contributed by atoms with Crippen LogP contribution in [0.15, 0.2) is 0 Å². The van der Waals surface area contributed by atoms with Crippen molar-refractivity contribution in [2.45, 2.75) is 18.9 Å². The molecule has 1 rings (SSSR count). The van der Waals surface area contributed by atoms with E-state index in [1.807, 2.05) is 11.8 Å². The number of rotatable bonds is 4. The summed E-state index contributed by atoms with van der Waals surface area (Å²) in [5.41, 5.74) is 5.35. The third kappa shape index (κ3) is 2.90. The number of thioether (sulfide) groups is 1. The highest BCUT2D eigenvalue weighted by atomic mass is 32.2. The zero-order chi connectivity index (χ0) is 7.23. The fourth-order valence-electron chi connectivity index (χ4n) is 1.07. The summed E-state index contributed by atoms with van der Waals surface area (Å²) >= 11 is 1.90. The molecular weight excluding hydrogens is 146 g/mol. The highest BCUT2D eigenvalue weighted by Crippen LogP contribution is 2.16. The Morgan fingerprint density at radius 2 is 2.50 bits per heavy atom. The highest BCUT2D eigenvalue weighted by molar-refractivity contribution is 7.99. The number of ether oxygens (including phenoxy) is 1. The molecule has 0 radical (unpaired) electrons. The Labute approximate surface area is 66.5 Å². The summed E-state index contributed by atoms with van der Waals surface area (Å²) in [6.07, 6.45) is 3.02. The van der Waals surface area contributed by atoms with Gasteiger partial charge in [0.25, 0.3) is 0 Å². The van der Waals surface area contributed by atoms with Crippen LogP contribution in [0.2, 0.25) is 0 Å². The first kappa shape index (κ1) is 8.37. The molecule has 0 amide bonds. The Kier molecular flexibility index (Phi) is 4.18. The average molecular weight is 161 g/mol. The first-order valence-electron chi connectivity index (χ1n) is 3.83. The van der Waals surface area contributed by atoms with E-state index < -0.39 is 0 Å². The number of hydrogen-bond acceptors (Lipinski definition) is 3. The zero-order valence-corrected chi connectivity index (χ0v) is 7.03. The molecule has 1 heterocycles. The molecule has 3 heteroatoms. The van der Waals surface area contributed by atoms with Gasteiger partial charge in [-0.15, -0.1) is 0 Å². The maximum Gasteiger partial charge on any atom is 0.0666 e. The standard InChI is InChI=1S/C7H15NOS/c8-3-5-10-6-7-2-1-4-9-7/h7H,1-6,8H2. The zero-order valence-electron chi connectivity index (χ0n) is 6.21. The summed E-state index contributed by atoms with van der Waals surface area (Å²) in [6.45, 7) is 1.76. The van der Waals surface area contributed by atoms with Crippen molar-refractivity contribution in [1.29, 1.82) is 0 Å². The maximum absolute atomic E-state index is 5.44. The van der Waals surface area contributed by atoms with Crippen molar-refractivity contribution < 1.29 is 4.74 Å².